The molecule has 0 aliphatic carbocycles. The molecule has 0 spiro atoms. The molecule has 0 bridgehead atoms. The number of nitrogens with one attached hydrogen (secondary N) is 2. The predicted octanol–water partition coefficient (Wildman–Crippen LogP) is 5.51. The van der Waals surface area contributed by atoms with Gasteiger partial charge in [0, 0.05) is 28.1 Å². The average Bonchev–Trinajstić information content (AvgIpc) is 3.23. The molecule has 2 amide bonds. The molecule has 5 nitrogen and oxygen atoms in total. The number of amides is 2. The second-order valence-electron chi connectivity index (χ2n) is 7.04. The lowest BCUT2D eigenvalue weighted by atomic mass is 10.1. The molecule has 1 heterocycles. The molecule has 0 aliphatic heterocycles. The lowest BCUT2D eigenvalue weighted by Gasteiger charge is -2.11. The van der Waals surface area contributed by atoms with Crippen LogP contribution in [0.15, 0.2) is 71.6 Å². The first kappa shape index (κ1) is 21.1. The maximum atomic E-state index is 12.8. The number of rotatable bonds is 6. The van der Waals surface area contributed by atoms with Crippen LogP contribution in [-0.4, -0.2) is 22.4 Å². The number of anilines is 1. The summed E-state index contributed by atoms with van der Waals surface area (Å²) in [6, 6.07) is 21.0. The van der Waals surface area contributed by atoms with E-state index in [4.69, 9.17) is 0 Å². The zero-order valence-corrected chi connectivity index (χ0v) is 18.8. The van der Waals surface area contributed by atoms with Crippen molar-refractivity contribution in [1.29, 1.82) is 0 Å². The summed E-state index contributed by atoms with van der Waals surface area (Å²) in [5.41, 5.74) is 3.38. The van der Waals surface area contributed by atoms with Gasteiger partial charge in [-0.2, -0.15) is 4.37 Å². The predicted molar refractivity (Wildman–Crippen MR) is 128 cm³/mol. The molecule has 0 unspecified atom stereocenters. The Kier molecular flexibility index (Phi) is 6.34. The topological polar surface area (TPSA) is 71.1 Å². The SMILES string of the molecule is CSc1ccc(CNC(=O)c2ccc(C)c(NC(=O)c3nsc4ccccc34)c2)cc1. The monoisotopic (exact) mass is 447 g/mol. The highest BCUT2D eigenvalue weighted by Gasteiger charge is 2.16. The fourth-order valence-corrected chi connectivity index (χ4v) is 4.34. The highest BCUT2D eigenvalue weighted by Crippen LogP contribution is 2.24. The molecule has 2 N–H and O–H groups in total. The molecule has 0 fully saturated rings. The quantitative estimate of drug-likeness (QED) is 0.382. The van der Waals surface area contributed by atoms with Gasteiger partial charge in [-0.3, -0.25) is 9.59 Å². The van der Waals surface area contributed by atoms with Gasteiger partial charge in [0.25, 0.3) is 11.8 Å². The minimum absolute atomic E-state index is 0.191. The van der Waals surface area contributed by atoms with Gasteiger partial charge in [-0.15, -0.1) is 11.8 Å². The Hall–Kier alpha value is -3.16. The van der Waals surface area contributed by atoms with E-state index in [-0.39, 0.29) is 11.8 Å². The van der Waals surface area contributed by atoms with Gasteiger partial charge in [0.05, 0.1) is 4.70 Å². The van der Waals surface area contributed by atoms with E-state index in [1.807, 2.05) is 67.8 Å². The van der Waals surface area contributed by atoms with Crippen molar-refractivity contribution in [2.45, 2.75) is 18.4 Å². The number of aryl methyl sites for hydroxylation is 1. The minimum atomic E-state index is -0.285. The van der Waals surface area contributed by atoms with Crippen LogP contribution in [0, 0.1) is 6.92 Å². The third kappa shape index (κ3) is 4.78. The normalized spacial score (nSPS) is 10.8. The fraction of sp³-hybridized carbons (Fsp3) is 0.125. The van der Waals surface area contributed by atoms with Gasteiger partial charge >= 0.3 is 0 Å². The van der Waals surface area contributed by atoms with Crippen LogP contribution in [0.3, 0.4) is 0 Å². The molecular formula is C24H21N3O2S2. The number of aromatic nitrogens is 1. The van der Waals surface area contributed by atoms with Crippen LogP contribution < -0.4 is 10.6 Å². The van der Waals surface area contributed by atoms with Crippen molar-refractivity contribution in [2.75, 3.05) is 11.6 Å². The van der Waals surface area contributed by atoms with Crippen LogP contribution in [0.4, 0.5) is 5.69 Å². The molecule has 0 saturated carbocycles. The summed E-state index contributed by atoms with van der Waals surface area (Å²) in [6.07, 6.45) is 2.03. The standard InChI is InChI=1S/C24H21N3O2S2/c1-15-7-10-17(23(28)25-14-16-8-11-18(30-2)12-9-16)13-20(15)26-24(29)22-19-5-3-4-6-21(19)31-27-22/h3-13H,14H2,1-2H3,(H,25,28)(H,26,29). The molecule has 31 heavy (non-hydrogen) atoms. The maximum Gasteiger partial charge on any atom is 0.276 e. The number of fused-ring (bicyclic) bond motifs is 1. The Labute approximate surface area is 189 Å². The molecular weight excluding hydrogens is 426 g/mol. The first-order valence-corrected chi connectivity index (χ1v) is 11.7. The molecule has 3 aromatic carbocycles. The van der Waals surface area contributed by atoms with E-state index in [1.54, 1.807) is 23.9 Å². The highest BCUT2D eigenvalue weighted by molar-refractivity contribution is 7.98. The second kappa shape index (κ2) is 9.32. The van der Waals surface area contributed by atoms with E-state index in [0.29, 0.717) is 23.5 Å². The number of hydrogen-bond acceptors (Lipinski definition) is 5. The van der Waals surface area contributed by atoms with Gasteiger partial charge in [-0.25, -0.2) is 0 Å². The number of carbonyl (C=O) groups excluding carboxylic acids is 2. The van der Waals surface area contributed by atoms with Crippen molar-refractivity contribution in [3.63, 3.8) is 0 Å². The fourth-order valence-electron chi connectivity index (χ4n) is 3.16. The van der Waals surface area contributed by atoms with Crippen LogP contribution in [0.5, 0.6) is 0 Å². The van der Waals surface area contributed by atoms with Gasteiger partial charge < -0.3 is 10.6 Å². The van der Waals surface area contributed by atoms with E-state index < -0.39 is 0 Å². The number of nitrogens with zero attached hydrogens (tertiary/aromatic N) is 1. The third-order valence-corrected chi connectivity index (χ3v) is 6.52. The van der Waals surface area contributed by atoms with Crippen LogP contribution in [0.25, 0.3) is 10.1 Å². The minimum Gasteiger partial charge on any atom is -0.348 e. The van der Waals surface area contributed by atoms with E-state index in [2.05, 4.69) is 15.0 Å². The van der Waals surface area contributed by atoms with Crippen molar-refractivity contribution in [3.05, 3.63) is 89.1 Å². The van der Waals surface area contributed by atoms with Gasteiger partial charge in [-0.1, -0.05) is 36.4 Å². The maximum absolute atomic E-state index is 12.8. The number of hydrogen-bond donors (Lipinski definition) is 2. The number of benzene rings is 3. The van der Waals surface area contributed by atoms with E-state index in [9.17, 15) is 9.59 Å². The van der Waals surface area contributed by atoms with Crippen molar-refractivity contribution in [3.8, 4) is 0 Å². The molecule has 0 radical (unpaired) electrons. The summed E-state index contributed by atoms with van der Waals surface area (Å²) >= 11 is 2.98. The number of carbonyl (C=O) groups is 2. The van der Waals surface area contributed by atoms with Crippen LogP contribution >= 0.6 is 23.3 Å². The van der Waals surface area contributed by atoms with E-state index in [1.165, 1.54) is 16.4 Å². The molecule has 0 saturated heterocycles. The van der Waals surface area contributed by atoms with Gasteiger partial charge in [0.2, 0.25) is 0 Å². The Morgan fingerprint density at radius 2 is 1.77 bits per heavy atom. The van der Waals surface area contributed by atoms with Crippen molar-refractivity contribution in [2.24, 2.45) is 0 Å². The van der Waals surface area contributed by atoms with Crippen molar-refractivity contribution < 1.29 is 9.59 Å². The largest absolute Gasteiger partial charge is 0.348 e. The van der Waals surface area contributed by atoms with Gasteiger partial charge in [0.15, 0.2) is 0 Å². The van der Waals surface area contributed by atoms with Crippen molar-refractivity contribution in [1.82, 2.24) is 9.69 Å². The Balaban J connectivity index is 1.47. The zero-order valence-electron chi connectivity index (χ0n) is 17.1. The highest BCUT2D eigenvalue weighted by atomic mass is 32.2. The van der Waals surface area contributed by atoms with E-state index >= 15 is 0 Å². The van der Waals surface area contributed by atoms with Gasteiger partial charge in [0.1, 0.15) is 5.69 Å². The first-order chi connectivity index (χ1) is 15.0. The lowest BCUT2D eigenvalue weighted by Crippen LogP contribution is -2.23. The first-order valence-electron chi connectivity index (χ1n) is 9.72. The summed E-state index contributed by atoms with van der Waals surface area (Å²) < 4.78 is 5.26. The molecule has 0 aliphatic rings. The summed E-state index contributed by atoms with van der Waals surface area (Å²) in [5.74, 6) is -0.476. The molecule has 7 heteroatoms. The summed E-state index contributed by atoms with van der Waals surface area (Å²) in [4.78, 5) is 26.7. The van der Waals surface area contributed by atoms with Crippen LogP contribution in [0.2, 0.25) is 0 Å². The number of thioether (sulfide) groups is 1. The summed E-state index contributed by atoms with van der Waals surface area (Å²) in [5, 5.41) is 6.67. The second-order valence-corrected chi connectivity index (χ2v) is 8.73. The molecule has 4 aromatic rings. The van der Waals surface area contributed by atoms with Gasteiger partial charge in [-0.05, 0) is 66.2 Å². The van der Waals surface area contributed by atoms with Crippen LogP contribution in [-0.2, 0) is 6.54 Å². The molecule has 156 valence electrons. The molecule has 4 rings (SSSR count). The third-order valence-electron chi connectivity index (χ3n) is 4.95. The smallest absolute Gasteiger partial charge is 0.276 e. The summed E-state index contributed by atoms with van der Waals surface area (Å²) in [7, 11) is 0. The zero-order chi connectivity index (χ0) is 21.8. The van der Waals surface area contributed by atoms with Crippen molar-refractivity contribution >= 4 is 50.9 Å². The Bertz CT molecular complexity index is 1250. The summed E-state index contributed by atoms with van der Waals surface area (Å²) in [6.45, 7) is 2.33. The van der Waals surface area contributed by atoms with E-state index in [0.717, 1.165) is 21.2 Å². The Morgan fingerprint density at radius 3 is 2.55 bits per heavy atom. The van der Waals surface area contributed by atoms with Crippen LogP contribution in [0.1, 0.15) is 32.0 Å². The lowest BCUT2D eigenvalue weighted by molar-refractivity contribution is 0.0949. The average molecular weight is 448 g/mol. The molecule has 0 atom stereocenters. The molecule has 1 aromatic heterocycles. The Morgan fingerprint density at radius 1 is 1.00 bits per heavy atom.